The average molecular weight is 97.2 g/mol. The zero-order valence-corrected chi connectivity index (χ0v) is 4.94. The summed E-state index contributed by atoms with van der Waals surface area (Å²) in [5.41, 5.74) is 0.877. The first-order chi connectivity index (χ1) is 3.27. The molecule has 0 heterocycles. The Kier molecular flexibility index (Phi) is 3.29. The van der Waals surface area contributed by atoms with Gasteiger partial charge in [-0.3, -0.25) is 4.99 Å². The van der Waals surface area contributed by atoms with Crippen LogP contribution in [0.25, 0.3) is 0 Å². The zero-order valence-electron chi connectivity index (χ0n) is 4.94. The second kappa shape index (κ2) is 3.59. The molecule has 0 aromatic carbocycles. The van der Waals surface area contributed by atoms with Crippen LogP contribution in [0.5, 0.6) is 0 Å². The molecule has 1 heteroatoms. The van der Waals surface area contributed by atoms with Crippen LogP contribution in [0.3, 0.4) is 0 Å². The van der Waals surface area contributed by atoms with Crippen molar-refractivity contribution in [1.29, 1.82) is 0 Å². The van der Waals surface area contributed by atoms with Gasteiger partial charge in [0.25, 0.3) is 0 Å². The molecule has 0 spiro atoms. The molecule has 1 nitrogen and oxygen atoms in total. The number of nitrogens with zero attached hydrogens (tertiary/aromatic N) is 1. The van der Waals surface area contributed by atoms with E-state index >= 15 is 0 Å². The molecule has 0 atom stereocenters. The molecule has 0 fully saturated rings. The van der Waals surface area contributed by atoms with Crippen LogP contribution in [-0.2, 0) is 0 Å². The van der Waals surface area contributed by atoms with Crippen LogP contribution in [0.4, 0.5) is 0 Å². The van der Waals surface area contributed by atoms with E-state index in [0.717, 1.165) is 12.1 Å². The first kappa shape index (κ1) is 6.41. The molecule has 0 radical (unpaired) electrons. The summed E-state index contributed by atoms with van der Waals surface area (Å²) in [5, 5.41) is 0. The Morgan fingerprint density at radius 2 is 2.43 bits per heavy atom. The standard InChI is InChI=1S/C6H11N/c1-4-5-7-6(2)3/h5H,2,4H2,1,3H3/b7-5-. The summed E-state index contributed by atoms with van der Waals surface area (Å²) in [6.45, 7) is 7.52. The fourth-order valence-electron chi connectivity index (χ4n) is 0.247. The van der Waals surface area contributed by atoms with E-state index in [9.17, 15) is 0 Å². The number of hydrogen-bond donors (Lipinski definition) is 0. The molecule has 0 N–H and O–H groups in total. The molecule has 7 heavy (non-hydrogen) atoms. The molecule has 0 saturated carbocycles. The van der Waals surface area contributed by atoms with Crippen molar-refractivity contribution in [1.82, 2.24) is 0 Å². The number of hydrogen-bond acceptors (Lipinski definition) is 1. The third-order valence-electron chi connectivity index (χ3n) is 0.494. The highest BCUT2D eigenvalue weighted by molar-refractivity contribution is 5.57. The number of allylic oxidation sites excluding steroid dienone is 1. The smallest absolute Gasteiger partial charge is 0.0297 e. The van der Waals surface area contributed by atoms with E-state index in [4.69, 9.17) is 0 Å². The van der Waals surface area contributed by atoms with Crippen LogP contribution < -0.4 is 0 Å². The average Bonchev–Trinajstić information content (AvgIpc) is 1.61. The molecule has 0 rings (SSSR count). The largest absolute Gasteiger partial charge is 0.267 e. The van der Waals surface area contributed by atoms with Crippen molar-refractivity contribution in [2.24, 2.45) is 4.99 Å². The van der Waals surface area contributed by atoms with Gasteiger partial charge in [0.2, 0.25) is 0 Å². The van der Waals surface area contributed by atoms with Crippen LogP contribution >= 0.6 is 0 Å². The highest BCUT2D eigenvalue weighted by atomic mass is 14.7. The minimum absolute atomic E-state index is 0.877. The lowest BCUT2D eigenvalue weighted by molar-refractivity contribution is 1.26. The molecular formula is C6H11N. The van der Waals surface area contributed by atoms with Crippen LogP contribution in [0, 0.1) is 0 Å². The fraction of sp³-hybridized carbons (Fsp3) is 0.500. The Morgan fingerprint density at radius 1 is 1.86 bits per heavy atom. The van der Waals surface area contributed by atoms with Gasteiger partial charge in [-0.1, -0.05) is 13.5 Å². The minimum atomic E-state index is 0.877. The Morgan fingerprint density at radius 3 is 2.57 bits per heavy atom. The van der Waals surface area contributed by atoms with Crippen molar-refractivity contribution in [3.8, 4) is 0 Å². The quantitative estimate of drug-likeness (QED) is 0.467. The van der Waals surface area contributed by atoms with Gasteiger partial charge in [-0.15, -0.1) is 0 Å². The van der Waals surface area contributed by atoms with Crippen molar-refractivity contribution in [2.75, 3.05) is 0 Å². The summed E-state index contributed by atoms with van der Waals surface area (Å²) in [7, 11) is 0. The second-order valence-corrected chi connectivity index (χ2v) is 1.46. The van der Waals surface area contributed by atoms with Gasteiger partial charge in [0.05, 0.1) is 0 Å². The molecule has 40 valence electrons. The lowest BCUT2D eigenvalue weighted by Crippen LogP contribution is -1.67. The molecule has 0 aromatic rings. The van der Waals surface area contributed by atoms with Gasteiger partial charge in [-0.05, 0) is 13.3 Å². The fourth-order valence-corrected chi connectivity index (χ4v) is 0.247. The molecule has 0 aliphatic rings. The Hall–Kier alpha value is -0.590. The lowest BCUT2D eigenvalue weighted by atomic mass is 10.5. The molecule has 0 bridgehead atoms. The normalized spacial score (nSPS) is 10.0. The summed E-state index contributed by atoms with van der Waals surface area (Å²) < 4.78 is 0. The van der Waals surface area contributed by atoms with E-state index in [1.54, 1.807) is 0 Å². The van der Waals surface area contributed by atoms with Crippen molar-refractivity contribution >= 4 is 6.21 Å². The summed E-state index contributed by atoms with van der Waals surface area (Å²) in [5.74, 6) is 0. The molecular weight excluding hydrogens is 86.1 g/mol. The van der Waals surface area contributed by atoms with Crippen LogP contribution in [0.1, 0.15) is 20.3 Å². The van der Waals surface area contributed by atoms with Gasteiger partial charge >= 0.3 is 0 Å². The van der Waals surface area contributed by atoms with Crippen molar-refractivity contribution < 1.29 is 0 Å². The van der Waals surface area contributed by atoms with Crippen LogP contribution in [-0.4, -0.2) is 6.21 Å². The third-order valence-corrected chi connectivity index (χ3v) is 0.494. The van der Waals surface area contributed by atoms with E-state index in [-0.39, 0.29) is 0 Å². The second-order valence-electron chi connectivity index (χ2n) is 1.46. The van der Waals surface area contributed by atoms with Gasteiger partial charge in [0.15, 0.2) is 0 Å². The van der Waals surface area contributed by atoms with Crippen molar-refractivity contribution in [3.05, 3.63) is 12.3 Å². The lowest BCUT2D eigenvalue weighted by Gasteiger charge is -1.80. The highest BCUT2D eigenvalue weighted by Crippen LogP contribution is 1.84. The highest BCUT2D eigenvalue weighted by Gasteiger charge is 1.68. The van der Waals surface area contributed by atoms with Crippen molar-refractivity contribution in [2.45, 2.75) is 20.3 Å². The van der Waals surface area contributed by atoms with Crippen LogP contribution in [0.2, 0.25) is 0 Å². The first-order valence-corrected chi connectivity index (χ1v) is 2.45. The summed E-state index contributed by atoms with van der Waals surface area (Å²) in [6, 6.07) is 0. The topological polar surface area (TPSA) is 12.4 Å². The molecule has 0 aliphatic heterocycles. The summed E-state index contributed by atoms with van der Waals surface area (Å²) in [6.07, 6.45) is 2.84. The monoisotopic (exact) mass is 97.1 g/mol. The predicted molar refractivity (Wildman–Crippen MR) is 33.6 cm³/mol. The number of rotatable bonds is 2. The summed E-state index contributed by atoms with van der Waals surface area (Å²) in [4.78, 5) is 3.92. The zero-order chi connectivity index (χ0) is 5.70. The van der Waals surface area contributed by atoms with E-state index in [1.165, 1.54) is 0 Å². The van der Waals surface area contributed by atoms with E-state index in [1.807, 2.05) is 20.1 Å². The summed E-state index contributed by atoms with van der Waals surface area (Å²) >= 11 is 0. The molecule has 0 amide bonds. The van der Waals surface area contributed by atoms with Crippen molar-refractivity contribution in [3.63, 3.8) is 0 Å². The predicted octanol–water partition coefficient (Wildman–Crippen LogP) is 2.00. The van der Waals surface area contributed by atoms with Gasteiger partial charge in [0, 0.05) is 11.9 Å². The van der Waals surface area contributed by atoms with Gasteiger partial charge in [0.1, 0.15) is 0 Å². The Balaban J connectivity index is 3.26. The SMILES string of the molecule is C=C(C)/N=C\CC. The molecule has 0 saturated heterocycles. The molecule has 0 aromatic heterocycles. The van der Waals surface area contributed by atoms with Crippen LogP contribution in [0.15, 0.2) is 17.3 Å². The minimum Gasteiger partial charge on any atom is -0.267 e. The number of aliphatic imine (C=N–C) groups is 1. The maximum atomic E-state index is 3.92. The van der Waals surface area contributed by atoms with Gasteiger partial charge < -0.3 is 0 Å². The van der Waals surface area contributed by atoms with E-state index < -0.39 is 0 Å². The maximum absolute atomic E-state index is 3.92. The van der Waals surface area contributed by atoms with Gasteiger partial charge in [-0.2, -0.15) is 0 Å². The van der Waals surface area contributed by atoms with E-state index in [2.05, 4.69) is 11.6 Å². The van der Waals surface area contributed by atoms with E-state index in [0.29, 0.717) is 0 Å². The van der Waals surface area contributed by atoms with Gasteiger partial charge in [-0.25, -0.2) is 0 Å². The molecule has 0 aliphatic carbocycles. The first-order valence-electron chi connectivity index (χ1n) is 2.45. The Labute approximate surface area is 44.8 Å². The Bertz CT molecular complexity index is 82.2. The molecule has 0 unspecified atom stereocenters. The maximum Gasteiger partial charge on any atom is 0.0297 e. The third kappa shape index (κ3) is 5.41.